The zero-order valence-electron chi connectivity index (χ0n) is 6.95. The second-order valence-electron chi connectivity index (χ2n) is 3.19. The molecule has 0 unspecified atom stereocenters. The highest BCUT2D eigenvalue weighted by Gasteiger charge is 2.36. The molecule has 0 aromatic carbocycles. The molecule has 2 heterocycles. The number of piperazine rings is 1. The number of cyclic esters (lactones) is 1. The number of amides is 1. The van der Waals surface area contributed by atoms with Crippen molar-refractivity contribution >= 4 is 18.5 Å². The first-order valence-corrected chi connectivity index (χ1v) is 3.94. The van der Waals surface area contributed by atoms with E-state index in [4.69, 9.17) is 4.74 Å². The van der Waals surface area contributed by atoms with E-state index in [-0.39, 0.29) is 24.5 Å². The summed E-state index contributed by atoms with van der Waals surface area (Å²) in [5, 5.41) is 3.30. The molecule has 1 N–H and O–H groups in total. The van der Waals surface area contributed by atoms with E-state index in [1.807, 2.05) is 0 Å². The van der Waals surface area contributed by atoms with Crippen molar-refractivity contribution in [2.24, 2.45) is 0 Å². The van der Waals surface area contributed by atoms with Crippen LogP contribution in [0.15, 0.2) is 0 Å². The summed E-state index contributed by atoms with van der Waals surface area (Å²) in [4.78, 5) is 12.8. The third-order valence-electron chi connectivity index (χ3n) is 2.25. The molecule has 2 fully saturated rings. The molecule has 2 atom stereocenters. The smallest absolute Gasteiger partial charge is 0.410 e. The molecule has 1 amide bonds. The molecule has 0 saturated carbocycles. The van der Waals surface area contributed by atoms with Crippen molar-refractivity contribution in [2.75, 3.05) is 19.7 Å². The topological polar surface area (TPSA) is 41.6 Å². The predicted octanol–water partition coefficient (Wildman–Crippen LogP) is 0.221. The largest absolute Gasteiger partial charge is 0.447 e. The number of nitrogens with one attached hydrogen (secondary N) is 1. The highest BCUT2D eigenvalue weighted by atomic mass is 35.5. The van der Waals surface area contributed by atoms with E-state index in [0.29, 0.717) is 12.6 Å². The Hall–Kier alpha value is -0.480. The Balaban J connectivity index is 0.000000720. The molecule has 2 rings (SSSR count). The van der Waals surface area contributed by atoms with Crippen molar-refractivity contribution in [2.45, 2.75) is 19.0 Å². The van der Waals surface area contributed by atoms with Gasteiger partial charge in [-0.2, -0.15) is 0 Å². The van der Waals surface area contributed by atoms with E-state index < -0.39 is 0 Å². The van der Waals surface area contributed by atoms with E-state index in [2.05, 4.69) is 12.2 Å². The summed E-state index contributed by atoms with van der Waals surface area (Å²) in [5.41, 5.74) is 0. The monoisotopic (exact) mass is 192 g/mol. The number of nitrogens with zero attached hydrogens (tertiary/aromatic N) is 1. The molecule has 0 aromatic rings. The highest BCUT2D eigenvalue weighted by molar-refractivity contribution is 5.85. The molecule has 2 aliphatic heterocycles. The Bertz CT molecular complexity index is 188. The summed E-state index contributed by atoms with van der Waals surface area (Å²) in [6.07, 6.45) is -0.150. The number of hydrogen-bond acceptors (Lipinski definition) is 3. The maximum atomic E-state index is 11.0. The van der Waals surface area contributed by atoms with Gasteiger partial charge in [0.1, 0.15) is 6.61 Å². The van der Waals surface area contributed by atoms with Crippen LogP contribution in [0.25, 0.3) is 0 Å². The first kappa shape index (κ1) is 9.61. The standard InChI is InChI=1S/C7H12N2O2.ClH/c1-5-3-9-6(2-8-5)4-11-7(9)10;/h5-6,8H,2-4H2,1H3;1H/t5-,6-;/m0./s1. The fourth-order valence-corrected chi connectivity index (χ4v) is 1.58. The molecule has 12 heavy (non-hydrogen) atoms. The molecule has 5 heteroatoms. The number of rotatable bonds is 0. The Morgan fingerprint density at radius 2 is 2.42 bits per heavy atom. The SMILES string of the molecule is C[C@H]1CN2C(=O)OC[C@@H]2CN1.Cl. The fraction of sp³-hybridized carbons (Fsp3) is 0.857. The van der Waals surface area contributed by atoms with Crippen LogP contribution >= 0.6 is 12.4 Å². The maximum absolute atomic E-state index is 11.0. The lowest BCUT2D eigenvalue weighted by atomic mass is 10.1. The van der Waals surface area contributed by atoms with Crippen LogP contribution in [-0.4, -0.2) is 42.8 Å². The Morgan fingerprint density at radius 3 is 3.17 bits per heavy atom. The van der Waals surface area contributed by atoms with Gasteiger partial charge in [0.25, 0.3) is 0 Å². The zero-order valence-corrected chi connectivity index (χ0v) is 7.76. The average molecular weight is 193 g/mol. The van der Waals surface area contributed by atoms with Gasteiger partial charge >= 0.3 is 6.09 Å². The van der Waals surface area contributed by atoms with Crippen molar-refractivity contribution < 1.29 is 9.53 Å². The second-order valence-corrected chi connectivity index (χ2v) is 3.19. The molecule has 0 spiro atoms. The molecule has 0 aliphatic carbocycles. The minimum atomic E-state index is -0.150. The molecule has 0 radical (unpaired) electrons. The number of ether oxygens (including phenoxy) is 1. The van der Waals surface area contributed by atoms with Gasteiger partial charge in [-0.1, -0.05) is 0 Å². The lowest BCUT2D eigenvalue weighted by Gasteiger charge is -2.31. The van der Waals surface area contributed by atoms with E-state index >= 15 is 0 Å². The normalized spacial score (nSPS) is 33.8. The van der Waals surface area contributed by atoms with Gasteiger partial charge in [-0.15, -0.1) is 12.4 Å². The summed E-state index contributed by atoms with van der Waals surface area (Å²) < 4.78 is 4.90. The molecule has 0 bridgehead atoms. The molecule has 2 saturated heterocycles. The van der Waals surface area contributed by atoms with E-state index in [1.54, 1.807) is 4.90 Å². The Morgan fingerprint density at radius 1 is 1.67 bits per heavy atom. The van der Waals surface area contributed by atoms with Gasteiger partial charge in [-0.05, 0) is 6.92 Å². The Labute approximate surface area is 77.7 Å². The summed E-state index contributed by atoms with van der Waals surface area (Å²) in [7, 11) is 0. The minimum absolute atomic E-state index is 0. The van der Waals surface area contributed by atoms with Crippen LogP contribution in [0.2, 0.25) is 0 Å². The van der Waals surface area contributed by atoms with Gasteiger partial charge in [-0.3, -0.25) is 4.90 Å². The molecule has 2 aliphatic rings. The molecule has 0 aromatic heterocycles. The van der Waals surface area contributed by atoms with Crippen LogP contribution in [0.3, 0.4) is 0 Å². The zero-order chi connectivity index (χ0) is 7.84. The summed E-state index contributed by atoms with van der Waals surface area (Å²) in [6, 6.07) is 0.676. The van der Waals surface area contributed by atoms with E-state index in [0.717, 1.165) is 13.1 Å². The first-order chi connectivity index (χ1) is 5.27. The van der Waals surface area contributed by atoms with Gasteiger partial charge in [0.05, 0.1) is 6.04 Å². The van der Waals surface area contributed by atoms with Gasteiger partial charge in [0.2, 0.25) is 0 Å². The van der Waals surface area contributed by atoms with Crippen LogP contribution in [0.4, 0.5) is 4.79 Å². The summed E-state index contributed by atoms with van der Waals surface area (Å²) >= 11 is 0. The molecular weight excluding hydrogens is 180 g/mol. The van der Waals surface area contributed by atoms with E-state index in [1.165, 1.54) is 0 Å². The van der Waals surface area contributed by atoms with Gasteiger partial charge < -0.3 is 10.1 Å². The number of carbonyl (C=O) groups is 1. The fourth-order valence-electron chi connectivity index (χ4n) is 1.58. The van der Waals surface area contributed by atoms with Gasteiger partial charge in [0, 0.05) is 19.1 Å². The third-order valence-corrected chi connectivity index (χ3v) is 2.25. The second kappa shape index (κ2) is 3.49. The third kappa shape index (κ3) is 1.49. The van der Waals surface area contributed by atoms with Gasteiger partial charge in [-0.25, -0.2) is 4.79 Å². The number of carbonyl (C=O) groups excluding carboxylic acids is 1. The number of hydrogen-bond donors (Lipinski definition) is 1. The van der Waals surface area contributed by atoms with Crippen molar-refractivity contribution in [3.63, 3.8) is 0 Å². The van der Waals surface area contributed by atoms with Crippen LogP contribution in [0, 0.1) is 0 Å². The van der Waals surface area contributed by atoms with Crippen LogP contribution in [-0.2, 0) is 4.74 Å². The lowest BCUT2D eigenvalue weighted by molar-refractivity contribution is 0.150. The predicted molar refractivity (Wildman–Crippen MR) is 46.6 cm³/mol. The summed E-state index contributed by atoms with van der Waals surface area (Å²) in [6.45, 7) is 4.27. The molecule has 70 valence electrons. The quantitative estimate of drug-likeness (QED) is 0.597. The highest BCUT2D eigenvalue weighted by Crippen LogP contribution is 2.15. The minimum Gasteiger partial charge on any atom is -0.447 e. The molecular formula is C7H13ClN2O2. The van der Waals surface area contributed by atoms with Crippen LogP contribution in [0.1, 0.15) is 6.92 Å². The van der Waals surface area contributed by atoms with Crippen LogP contribution in [0.5, 0.6) is 0 Å². The van der Waals surface area contributed by atoms with Crippen LogP contribution < -0.4 is 5.32 Å². The summed E-state index contributed by atoms with van der Waals surface area (Å²) in [5.74, 6) is 0. The van der Waals surface area contributed by atoms with E-state index in [9.17, 15) is 4.79 Å². The lowest BCUT2D eigenvalue weighted by Crippen LogP contribution is -2.54. The van der Waals surface area contributed by atoms with Gasteiger partial charge in [0.15, 0.2) is 0 Å². The Kier molecular flexibility index (Phi) is 2.80. The molecule has 4 nitrogen and oxygen atoms in total. The first-order valence-electron chi connectivity index (χ1n) is 3.94. The average Bonchev–Trinajstić information content (AvgIpc) is 2.33. The number of halogens is 1. The van der Waals surface area contributed by atoms with Crippen molar-refractivity contribution in [3.05, 3.63) is 0 Å². The maximum Gasteiger partial charge on any atom is 0.410 e. The van der Waals surface area contributed by atoms with Crippen molar-refractivity contribution in [3.8, 4) is 0 Å². The van der Waals surface area contributed by atoms with Crippen molar-refractivity contribution in [1.29, 1.82) is 0 Å². The number of fused-ring (bicyclic) bond motifs is 1. The van der Waals surface area contributed by atoms with Crippen molar-refractivity contribution in [1.82, 2.24) is 10.2 Å².